The largest absolute Gasteiger partial charge is 0.396 e. The quantitative estimate of drug-likeness (QED) is 0.882. The molecule has 0 saturated heterocycles. The summed E-state index contributed by atoms with van der Waals surface area (Å²) in [5.74, 6) is 1.74. The lowest BCUT2D eigenvalue weighted by molar-refractivity contribution is 0.117. The molecule has 2 atom stereocenters. The molecule has 1 aromatic rings. The van der Waals surface area contributed by atoms with E-state index in [2.05, 4.69) is 0 Å². The second-order valence-electron chi connectivity index (χ2n) is 5.73. The van der Waals surface area contributed by atoms with E-state index < -0.39 is 0 Å². The Balaban J connectivity index is 1.81. The third-order valence-electron chi connectivity index (χ3n) is 4.38. The van der Waals surface area contributed by atoms with E-state index in [0.29, 0.717) is 5.02 Å². The summed E-state index contributed by atoms with van der Waals surface area (Å²) < 4.78 is 0. The lowest BCUT2D eigenvalue weighted by atomic mass is 9.78. The molecule has 2 saturated carbocycles. The van der Waals surface area contributed by atoms with E-state index in [0.717, 1.165) is 41.7 Å². The van der Waals surface area contributed by atoms with Crippen molar-refractivity contribution in [2.24, 2.45) is 17.3 Å². The molecule has 0 aromatic heterocycles. The summed E-state index contributed by atoms with van der Waals surface area (Å²) in [5.41, 5.74) is 1.19. The molecular formula is C14H16Cl2O. The van der Waals surface area contributed by atoms with Crippen molar-refractivity contribution >= 4 is 23.2 Å². The van der Waals surface area contributed by atoms with Gasteiger partial charge in [-0.15, -0.1) is 0 Å². The summed E-state index contributed by atoms with van der Waals surface area (Å²) in [4.78, 5) is 0. The molecule has 2 fully saturated rings. The highest BCUT2D eigenvalue weighted by Gasteiger charge is 2.53. The molecule has 2 unspecified atom stereocenters. The van der Waals surface area contributed by atoms with Gasteiger partial charge in [-0.2, -0.15) is 0 Å². The van der Waals surface area contributed by atoms with E-state index >= 15 is 0 Å². The van der Waals surface area contributed by atoms with Crippen LogP contribution in [0.4, 0.5) is 0 Å². The van der Waals surface area contributed by atoms with Crippen molar-refractivity contribution in [1.82, 2.24) is 0 Å². The Morgan fingerprint density at radius 1 is 1.24 bits per heavy atom. The topological polar surface area (TPSA) is 20.2 Å². The fraction of sp³-hybridized carbons (Fsp3) is 0.571. The van der Waals surface area contributed by atoms with Gasteiger partial charge in [-0.1, -0.05) is 29.3 Å². The van der Waals surface area contributed by atoms with Crippen molar-refractivity contribution in [3.8, 4) is 0 Å². The molecule has 1 N–H and O–H groups in total. The van der Waals surface area contributed by atoms with Crippen LogP contribution in [0.5, 0.6) is 0 Å². The standard InChI is InChI=1S/C14H16Cl2O/c15-12-2-1-9(13(16)4-12)5-14(8-17)6-10-3-11(10)7-14/h1-2,4,10-11,17H,3,5-8H2. The first-order valence-electron chi connectivity index (χ1n) is 6.17. The molecule has 0 aliphatic heterocycles. The first kappa shape index (κ1) is 11.8. The molecule has 1 nitrogen and oxygen atoms in total. The van der Waals surface area contributed by atoms with Gasteiger partial charge in [-0.05, 0) is 60.6 Å². The number of hydrogen-bond donors (Lipinski definition) is 1. The molecular weight excluding hydrogens is 255 g/mol. The van der Waals surface area contributed by atoms with Gasteiger partial charge in [0.15, 0.2) is 0 Å². The third-order valence-corrected chi connectivity index (χ3v) is 4.96. The maximum Gasteiger partial charge on any atom is 0.0490 e. The van der Waals surface area contributed by atoms with E-state index in [9.17, 15) is 5.11 Å². The number of hydrogen-bond acceptors (Lipinski definition) is 1. The Morgan fingerprint density at radius 2 is 1.94 bits per heavy atom. The van der Waals surface area contributed by atoms with Gasteiger partial charge in [0, 0.05) is 16.7 Å². The molecule has 3 rings (SSSR count). The van der Waals surface area contributed by atoms with Gasteiger partial charge < -0.3 is 5.11 Å². The highest BCUT2D eigenvalue weighted by Crippen LogP contribution is 2.60. The van der Waals surface area contributed by atoms with Crippen molar-refractivity contribution in [2.75, 3.05) is 6.61 Å². The summed E-state index contributed by atoms with van der Waals surface area (Å²) in [7, 11) is 0. The zero-order valence-corrected chi connectivity index (χ0v) is 11.1. The van der Waals surface area contributed by atoms with Crippen LogP contribution < -0.4 is 0 Å². The number of halogens is 2. The maximum absolute atomic E-state index is 9.69. The minimum absolute atomic E-state index is 0.0745. The van der Waals surface area contributed by atoms with Crippen LogP contribution in [0.3, 0.4) is 0 Å². The van der Waals surface area contributed by atoms with Crippen LogP contribution in [0.1, 0.15) is 24.8 Å². The van der Waals surface area contributed by atoms with Gasteiger partial charge in [0.25, 0.3) is 0 Å². The third kappa shape index (κ3) is 2.21. The second-order valence-corrected chi connectivity index (χ2v) is 6.58. The molecule has 0 bridgehead atoms. The van der Waals surface area contributed by atoms with Crippen LogP contribution in [0, 0.1) is 17.3 Å². The fourth-order valence-electron chi connectivity index (χ4n) is 3.40. The normalized spacial score (nSPS) is 34.8. The number of rotatable bonds is 3. The highest BCUT2D eigenvalue weighted by atomic mass is 35.5. The molecule has 0 heterocycles. The van der Waals surface area contributed by atoms with E-state index in [-0.39, 0.29) is 12.0 Å². The predicted molar refractivity (Wildman–Crippen MR) is 70.5 cm³/mol. The molecule has 17 heavy (non-hydrogen) atoms. The monoisotopic (exact) mass is 270 g/mol. The van der Waals surface area contributed by atoms with E-state index in [4.69, 9.17) is 23.2 Å². The second kappa shape index (κ2) is 4.15. The fourth-order valence-corrected chi connectivity index (χ4v) is 3.88. The van der Waals surface area contributed by atoms with E-state index in [1.165, 1.54) is 6.42 Å². The predicted octanol–water partition coefficient (Wildman–Crippen LogP) is 3.94. The number of aliphatic hydroxyl groups excluding tert-OH is 1. The summed E-state index contributed by atoms with van der Waals surface area (Å²) in [6.45, 7) is 0.277. The molecule has 0 amide bonds. The average molecular weight is 271 g/mol. The van der Waals surface area contributed by atoms with Crippen LogP contribution in [0.15, 0.2) is 18.2 Å². The Kier molecular flexibility index (Phi) is 2.89. The zero-order valence-electron chi connectivity index (χ0n) is 9.63. The minimum Gasteiger partial charge on any atom is -0.396 e. The minimum atomic E-state index is 0.0745. The van der Waals surface area contributed by atoms with Crippen molar-refractivity contribution in [2.45, 2.75) is 25.7 Å². The van der Waals surface area contributed by atoms with Crippen LogP contribution in [-0.2, 0) is 6.42 Å². The number of fused-ring (bicyclic) bond motifs is 1. The molecule has 1 aromatic carbocycles. The summed E-state index contributed by atoms with van der Waals surface area (Å²) in [6, 6.07) is 5.66. The molecule has 2 aliphatic rings. The van der Waals surface area contributed by atoms with Gasteiger partial charge in [0.05, 0.1) is 0 Å². The smallest absolute Gasteiger partial charge is 0.0490 e. The van der Waals surface area contributed by atoms with Crippen LogP contribution in [0.25, 0.3) is 0 Å². The van der Waals surface area contributed by atoms with Gasteiger partial charge in [-0.25, -0.2) is 0 Å². The summed E-state index contributed by atoms with van der Waals surface area (Å²) in [5, 5.41) is 11.1. The van der Waals surface area contributed by atoms with E-state index in [1.54, 1.807) is 6.07 Å². The summed E-state index contributed by atoms with van der Waals surface area (Å²) >= 11 is 12.1. The molecule has 2 aliphatic carbocycles. The highest BCUT2D eigenvalue weighted by molar-refractivity contribution is 6.35. The Hall–Kier alpha value is -0.240. The van der Waals surface area contributed by atoms with Crippen molar-refractivity contribution in [1.29, 1.82) is 0 Å². The lowest BCUT2D eigenvalue weighted by Crippen LogP contribution is -2.26. The van der Waals surface area contributed by atoms with Crippen molar-refractivity contribution in [3.63, 3.8) is 0 Å². The Bertz CT molecular complexity index is 434. The van der Waals surface area contributed by atoms with Crippen molar-refractivity contribution in [3.05, 3.63) is 33.8 Å². The zero-order chi connectivity index (χ0) is 12.0. The SMILES string of the molecule is OCC1(Cc2ccc(Cl)cc2Cl)CC2CC2C1. The van der Waals surface area contributed by atoms with Gasteiger partial charge in [-0.3, -0.25) is 0 Å². The Morgan fingerprint density at radius 3 is 2.53 bits per heavy atom. The van der Waals surface area contributed by atoms with Crippen molar-refractivity contribution < 1.29 is 5.11 Å². The molecule has 92 valence electrons. The molecule has 0 radical (unpaired) electrons. The maximum atomic E-state index is 9.69. The lowest BCUT2D eigenvalue weighted by Gasteiger charge is -2.29. The van der Waals surface area contributed by atoms with Crippen LogP contribution >= 0.6 is 23.2 Å². The molecule has 3 heteroatoms. The van der Waals surface area contributed by atoms with Crippen LogP contribution in [0.2, 0.25) is 10.0 Å². The van der Waals surface area contributed by atoms with Gasteiger partial charge >= 0.3 is 0 Å². The number of benzene rings is 1. The van der Waals surface area contributed by atoms with E-state index in [1.807, 2.05) is 12.1 Å². The first-order chi connectivity index (χ1) is 8.12. The molecule has 0 spiro atoms. The van der Waals surface area contributed by atoms with Gasteiger partial charge in [0.1, 0.15) is 0 Å². The Labute approximate surface area is 112 Å². The summed E-state index contributed by atoms with van der Waals surface area (Å²) in [6.07, 6.45) is 4.57. The van der Waals surface area contributed by atoms with Gasteiger partial charge in [0.2, 0.25) is 0 Å². The average Bonchev–Trinajstić information content (AvgIpc) is 2.91. The first-order valence-corrected chi connectivity index (χ1v) is 6.92. The van der Waals surface area contributed by atoms with Crippen LogP contribution in [-0.4, -0.2) is 11.7 Å². The number of aliphatic hydroxyl groups is 1.